The fourth-order valence-corrected chi connectivity index (χ4v) is 6.61. The number of halogens is 2. The fraction of sp³-hybridized carbons (Fsp3) is 0.344. The number of amides is 1. The smallest absolute Gasteiger partial charge is 0.320 e. The summed E-state index contributed by atoms with van der Waals surface area (Å²) in [4.78, 5) is 33.1. The molecule has 9 nitrogen and oxygen atoms in total. The Morgan fingerprint density at radius 2 is 1.93 bits per heavy atom. The van der Waals surface area contributed by atoms with Gasteiger partial charge in [-0.25, -0.2) is 4.98 Å². The average molecular weight is 617 g/mol. The van der Waals surface area contributed by atoms with Gasteiger partial charge in [-0.1, -0.05) is 60.1 Å². The second-order valence-corrected chi connectivity index (χ2v) is 11.8. The van der Waals surface area contributed by atoms with Crippen LogP contribution in [0, 0.1) is 11.3 Å². The van der Waals surface area contributed by atoms with Crippen LogP contribution in [0.4, 0.5) is 5.82 Å². The van der Waals surface area contributed by atoms with Crippen LogP contribution in [0.25, 0.3) is 33.1 Å². The first-order valence-corrected chi connectivity index (χ1v) is 15.1. The van der Waals surface area contributed by atoms with Crippen molar-refractivity contribution in [3.63, 3.8) is 0 Å². The lowest BCUT2D eigenvalue weighted by atomic mass is 10.0. The van der Waals surface area contributed by atoms with E-state index in [9.17, 15) is 10.1 Å². The Bertz CT molecular complexity index is 1750. The summed E-state index contributed by atoms with van der Waals surface area (Å²) in [6, 6.07) is 15.9. The highest BCUT2D eigenvalue weighted by atomic mass is 35.5. The fourth-order valence-electron chi connectivity index (χ4n) is 6.08. The molecule has 0 saturated carbocycles. The van der Waals surface area contributed by atoms with Gasteiger partial charge in [0.1, 0.15) is 12.4 Å². The van der Waals surface area contributed by atoms with E-state index in [2.05, 4.69) is 29.5 Å². The van der Waals surface area contributed by atoms with E-state index >= 15 is 0 Å². The summed E-state index contributed by atoms with van der Waals surface area (Å²) in [5.41, 5.74) is 1.79. The molecular formula is C32H31Cl2N7O2. The molecule has 0 bridgehead atoms. The molecule has 1 amide bonds. The molecule has 2 aromatic heterocycles. The molecule has 11 heteroatoms. The third kappa shape index (κ3) is 5.70. The second-order valence-electron chi connectivity index (χ2n) is 10.9. The van der Waals surface area contributed by atoms with E-state index in [0.29, 0.717) is 58.8 Å². The number of rotatable bonds is 7. The van der Waals surface area contributed by atoms with Gasteiger partial charge in [0.2, 0.25) is 5.91 Å². The molecule has 0 aliphatic carbocycles. The molecule has 4 aromatic rings. The lowest BCUT2D eigenvalue weighted by molar-refractivity contribution is -0.128. The second kappa shape index (κ2) is 12.3. The number of hydrogen-bond acceptors (Lipinski definition) is 8. The first-order valence-electron chi connectivity index (χ1n) is 14.3. The highest BCUT2D eigenvalue weighted by Gasteiger charge is 2.32. The number of likely N-dealkylation sites (tertiary alicyclic amines) is 1. The van der Waals surface area contributed by atoms with Crippen molar-refractivity contribution in [1.29, 1.82) is 5.26 Å². The van der Waals surface area contributed by atoms with E-state index in [4.69, 9.17) is 42.9 Å². The van der Waals surface area contributed by atoms with Crippen molar-refractivity contribution in [1.82, 2.24) is 24.8 Å². The molecule has 2 saturated heterocycles. The number of nitrogens with zero attached hydrogens (tertiary/aromatic N) is 7. The van der Waals surface area contributed by atoms with Gasteiger partial charge in [-0.3, -0.25) is 4.79 Å². The normalized spacial score (nSPS) is 19.1. The number of pyridine rings is 1. The van der Waals surface area contributed by atoms with Crippen LogP contribution in [0.15, 0.2) is 55.1 Å². The Morgan fingerprint density at radius 3 is 2.67 bits per heavy atom. The maximum Gasteiger partial charge on any atom is 0.320 e. The Morgan fingerprint density at radius 1 is 1.12 bits per heavy atom. The predicted octanol–water partition coefficient (Wildman–Crippen LogP) is 5.74. The standard InChI is InChI=1S/C32H31Cl2N7O2/c1-3-27(42)41-16-15-40(18-21(41)12-13-35)31-24-17-26(34)29(23-10-4-7-20-8-5-11-25(33)28(20)23)36-30(24)37-32(38-31)43-19-22-9-6-14-39(22)2/h3-5,7-8,10-11,17,21-22H,1,6,9,12,14-16,18-19H2,2H3. The number of piperazine rings is 1. The van der Waals surface area contributed by atoms with E-state index in [0.717, 1.165) is 35.7 Å². The molecule has 0 spiro atoms. The molecule has 2 atom stereocenters. The first kappa shape index (κ1) is 29.1. The molecule has 0 N–H and O–H groups in total. The van der Waals surface area contributed by atoms with E-state index in [1.165, 1.54) is 6.08 Å². The van der Waals surface area contributed by atoms with Crippen LogP contribution in [-0.4, -0.2) is 82.6 Å². The third-order valence-corrected chi connectivity index (χ3v) is 8.96. The summed E-state index contributed by atoms with van der Waals surface area (Å²) >= 11 is 13.6. The monoisotopic (exact) mass is 615 g/mol. The maximum absolute atomic E-state index is 12.5. The van der Waals surface area contributed by atoms with Gasteiger partial charge in [-0.2, -0.15) is 15.2 Å². The maximum atomic E-state index is 12.5. The predicted molar refractivity (Wildman–Crippen MR) is 170 cm³/mol. The topological polar surface area (TPSA) is 98.5 Å². The van der Waals surface area contributed by atoms with Crippen LogP contribution < -0.4 is 9.64 Å². The summed E-state index contributed by atoms with van der Waals surface area (Å²) in [5.74, 6) is 0.408. The Kier molecular flexibility index (Phi) is 8.35. The van der Waals surface area contributed by atoms with E-state index in [1.807, 2.05) is 42.5 Å². The number of carbonyl (C=O) groups is 1. The zero-order valence-corrected chi connectivity index (χ0v) is 25.4. The SMILES string of the molecule is C=CC(=O)N1CCN(c2nc(OCC3CCCN3C)nc3nc(-c4cccc5cccc(Cl)c45)c(Cl)cc23)CC1CC#N. The van der Waals surface area contributed by atoms with Crippen molar-refractivity contribution in [3.05, 3.63) is 65.2 Å². The summed E-state index contributed by atoms with van der Waals surface area (Å²) in [6.45, 7) is 6.43. The van der Waals surface area contributed by atoms with E-state index < -0.39 is 0 Å². The zero-order chi connectivity index (χ0) is 30.1. The number of fused-ring (bicyclic) bond motifs is 2. The molecule has 0 radical (unpaired) electrons. The molecule has 220 valence electrons. The summed E-state index contributed by atoms with van der Waals surface area (Å²) in [7, 11) is 2.10. The van der Waals surface area contributed by atoms with Gasteiger partial charge in [0.25, 0.3) is 0 Å². The van der Waals surface area contributed by atoms with Crippen molar-refractivity contribution < 1.29 is 9.53 Å². The zero-order valence-electron chi connectivity index (χ0n) is 23.8. The molecule has 2 aliphatic heterocycles. The molecule has 4 heterocycles. The van der Waals surface area contributed by atoms with Crippen LogP contribution in [-0.2, 0) is 4.79 Å². The number of aromatic nitrogens is 3. The van der Waals surface area contributed by atoms with Crippen LogP contribution in [0.3, 0.4) is 0 Å². The number of hydrogen-bond donors (Lipinski definition) is 0. The van der Waals surface area contributed by atoms with Crippen molar-refractivity contribution in [3.8, 4) is 23.3 Å². The van der Waals surface area contributed by atoms with Gasteiger partial charge in [-0.15, -0.1) is 0 Å². The van der Waals surface area contributed by atoms with Crippen molar-refractivity contribution in [2.24, 2.45) is 0 Å². The number of nitriles is 1. The Hall–Kier alpha value is -3.97. The van der Waals surface area contributed by atoms with E-state index in [-0.39, 0.29) is 30.4 Å². The van der Waals surface area contributed by atoms with Gasteiger partial charge in [0, 0.05) is 41.6 Å². The lowest BCUT2D eigenvalue weighted by Crippen LogP contribution is -2.55. The van der Waals surface area contributed by atoms with Crippen molar-refractivity contribution >= 4 is 56.7 Å². The summed E-state index contributed by atoms with van der Waals surface area (Å²) in [6.07, 6.45) is 3.64. The Labute approximate surface area is 260 Å². The number of carbonyl (C=O) groups excluding carboxylic acids is 1. The Balaban J connectivity index is 1.45. The first-order chi connectivity index (χ1) is 20.9. The molecule has 43 heavy (non-hydrogen) atoms. The lowest BCUT2D eigenvalue weighted by Gasteiger charge is -2.41. The van der Waals surface area contributed by atoms with Crippen LogP contribution in [0.1, 0.15) is 19.3 Å². The minimum Gasteiger partial charge on any atom is -0.462 e. The number of benzene rings is 2. The molecule has 6 rings (SSSR count). The van der Waals surface area contributed by atoms with Crippen LogP contribution >= 0.6 is 23.2 Å². The van der Waals surface area contributed by atoms with Crippen molar-refractivity contribution in [2.45, 2.75) is 31.3 Å². The summed E-state index contributed by atoms with van der Waals surface area (Å²) < 4.78 is 6.20. The van der Waals surface area contributed by atoms with Gasteiger partial charge in [0.05, 0.1) is 34.6 Å². The molecule has 2 aliphatic rings. The molecule has 2 fully saturated rings. The van der Waals surface area contributed by atoms with Crippen LogP contribution in [0.5, 0.6) is 6.01 Å². The molecule has 2 unspecified atom stereocenters. The number of likely N-dealkylation sites (N-methyl/N-ethyl adjacent to an activating group) is 1. The molecule has 2 aromatic carbocycles. The highest BCUT2D eigenvalue weighted by Crippen LogP contribution is 2.39. The minimum absolute atomic E-state index is 0.182. The quantitative estimate of drug-likeness (QED) is 0.243. The summed E-state index contributed by atoms with van der Waals surface area (Å²) in [5, 5.41) is 13.0. The third-order valence-electron chi connectivity index (χ3n) is 8.35. The number of anilines is 1. The van der Waals surface area contributed by atoms with Gasteiger partial charge in [-0.05, 0) is 50.0 Å². The largest absolute Gasteiger partial charge is 0.462 e. The van der Waals surface area contributed by atoms with E-state index in [1.54, 1.807) is 4.90 Å². The van der Waals surface area contributed by atoms with Gasteiger partial charge in [0.15, 0.2) is 5.65 Å². The molecular weight excluding hydrogens is 585 g/mol. The highest BCUT2D eigenvalue weighted by molar-refractivity contribution is 6.38. The van der Waals surface area contributed by atoms with Crippen LogP contribution in [0.2, 0.25) is 10.0 Å². The van der Waals surface area contributed by atoms with Gasteiger partial charge < -0.3 is 19.4 Å². The van der Waals surface area contributed by atoms with Gasteiger partial charge >= 0.3 is 6.01 Å². The minimum atomic E-state index is -0.327. The average Bonchev–Trinajstić information content (AvgIpc) is 3.43. The van der Waals surface area contributed by atoms with Crippen molar-refractivity contribution in [2.75, 3.05) is 44.7 Å². The number of ether oxygens (including phenoxy) is 1.